The Morgan fingerprint density at radius 1 is 1.08 bits per heavy atom. The number of phenols is 1. The first-order valence-corrected chi connectivity index (χ1v) is 9.51. The van der Waals surface area contributed by atoms with E-state index in [-0.39, 0.29) is 11.9 Å². The number of rotatable bonds is 3. The monoisotopic (exact) mass is 345 g/mol. The number of phenolic OH excluding ortho intramolecular Hbond substituents is 1. The van der Waals surface area contributed by atoms with E-state index in [4.69, 9.17) is 0 Å². The molecule has 2 fully saturated rings. The van der Waals surface area contributed by atoms with Gasteiger partial charge in [-0.1, -0.05) is 26.0 Å². The van der Waals surface area contributed by atoms with Gasteiger partial charge in [-0.05, 0) is 37.3 Å². The van der Waals surface area contributed by atoms with Gasteiger partial charge in [0, 0.05) is 39.3 Å². The standard InChI is InChI=1S/C20H31N3O2/c1-15-12-16(2)14-23(13-15)20(25)17(3)21-8-10-22(11-9-21)18-6-4-5-7-19(18)24/h4-7,15-17,24H,8-14H2,1-3H3/t15-,16-,17+/m1/s1. The van der Waals surface area contributed by atoms with Crippen molar-refractivity contribution in [3.63, 3.8) is 0 Å². The molecule has 1 amide bonds. The minimum Gasteiger partial charge on any atom is -0.506 e. The molecule has 0 saturated carbocycles. The maximum Gasteiger partial charge on any atom is 0.239 e. The third-order valence-corrected chi connectivity index (χ3v) is 5.62. The van der Waals surface area contributed by atoms with Gasteiger partial charge in [-0.15, -0.1) is 0 Å². The summed E-state index contributed by atoms with van der Waals surface area (Å²) in [5.74, 6) is 1.79. The zero-order valence-electron chi connectivity index (χ0n) is 15.7. The number of carbonyl (C=O) groups is 1. The number of piperidine rings is 1. The lowest BCUT2D eigenvalue weighted by Gasteiger charge is -2.42. The summed E-state index contributed by atoms with van der Waals surface area (Å²) in [6.45, 7) is 11.7. The molecule has 2 aliphatic rings. The molecule has 1 aromatic rings. The van der Waals surface area contributed by atoms with Crippen LogP contribution < -0.4 is 4.90 Å². The van der Waals surface area contributed by atoms with Crippen LogP contribution in [0.15, 0.2) is 24.3 Å². The van der Waals surface area contributed by atoms with Crippen molar-refractivity contribution < 1.29 is 9.90 Å². The van der Waals surface area contributed by atoms with Crippen molar-refractivity contribution in [2.45, 2.75) is 33.2 Å². The Hall–Kier alpha value is -1.75. The molecule has 0 bridgehead atoms. The summed E-state index contributed by atoms with van der Waals surface area (Å²) in [6, 6.07) is 7.41. The van der Waals surface area contributed by atoms with Crippen LogP contribution in [-0.2, 0) is 4.79 Å². The summed E-state index contributed by atoms with van der Waals surface area (Å²) in [7, 11) is 0. The highest BCUT2D eigenvalue weighted by Crippen LogP contribution is 2.28. The SMILES string of the molecule is C[C@@H]1C[C@@H](C)CN(C(=O)[C@H](C)N2CCN(c3ccccc3O)CC2)C1. The smallest absolute Gasteiger partial charge is 0.239 e. The highest BCUT2D eigenvalue weighted by atomic mass is 16.3. The van der Waals surface area contributed by atoms with E-state index in [0.29, 0.717) is 17.6 Å². The molecule has 3 atom stereocenters. The van der Waals surface area contributed by atoms with Crippen LogP contribution in [0.3, 0.4) is 0 Å². The molecule has 138 valence electrons. The van der Waals surface area contributed by atoms with E-state index < -0.39 is 0 Å². The number of anilines is 1. The van der Waals surface area contributed by atoms with E-state index in [9.17, 15) is 9.90 Å². The Labute approximate surface area is 151 Å². The molecule has 2 aliphatic heterocycles. The van der Waals surface area contributed by atoms with Crippen LogP contribution >= 0.6 is 0 Å². The van der Waals surface area contributed by atoms with Gasteiger partial charge in [-0.3, -0.25) is 9.69 Å². The molecule has 25 heavy (non-hydrogen) atoms. The Morgan fingerprint density at radius 3 is 2.28 bits per heavy atom. The average Bonchev–Trinajstić information content (AvgIpc) is 2.60. The molecular weight excluding hydrogens is 314 g/mol. The number of amides is 1. The lowest BCUT2D eigenvalue weighted by atomic mass is 9.91. The average molecular weight is 345 g/mol. The van der Waals surface area contributed by atoms with Gasteiger partial charge in [0.2, 0.25) is 5.91 Å². The highest BCUT2D eigenvalue weighted by molar-refractivity contribution is 5.81. The fraction of sp³-hybridized carbons (Fsp3) is 0.650. The first-order chi connectivity index (χ1) is 12.0. The maximum absolute atomic E-state index is 12.9. The van der Waals surface area contributed by atoms with Gasteiger partial charge in [0.1, 0.15) is 5.75 Å². The second kappa shape index (κ2) is 7.65. The largest absolute Gasteiger partial charge is 0.506 e. The molecule has 3 rings (SSSR count). The van der Waals surface area contributed by atoms with E-state index in [1.54, 1.807) is 6.07 Å². The summed E-state index contributed by atoms with van der Waals surface area (Å²) in [4.78, 5) is 19.5. The Morgan fingerprint density at radius 2 is 1.68 bits per heavy atom. The number of aromatic hydroxyl groups is 1. The van der Waals surface area contributed by atoms with E-state index in [1.807, 2.05) is 25.1 Å². The number of hydrogen-bond acceptors (Lipinski definition) is 4. The lowest BCUT2D eigenvalue weighted by molar-refractivity contribution is -0.139. The first kappa shape index (κ1) is 18.1. The molecule has 0 unspecified atom stereocenters. The van der Waals surface area contributed by atoms with Gasteiger partial charge >= 0.3 is 0 Å². The molecule has 2 heterocycles. The van der Waals surface area contributed by atoms with Crippen molar-refractivity contribution >= 4 is 11.6 Å². The zero-order chi connectivity index (χ0) is 18.0. The second-order valence-electron chi connectivity index (χ2n) is 7.88. The Balaban J connectivity index is 1.57. The van der Waals surface area contributed by atoms with Crippen molar-refractivity contribution in [1.82, 2.24) is 9.80 Å². The maximum atomic E-state index is 12.9. The fourth-order valence-corrected chi connectivity index (χ4v) is 4.34. The van der Waals surface area contributed by atoms with Crippen LogP contribution in [0.1, 0.15) is 27.2 Å². The molecule has 5 heteroatoms. The number of likely N-dealkylation sites (tertiary alicyclic amines) is 1. The number of carbonyl (C=O) groups excluding carboxylic acids is 1. The Bertz CT molecular complexity index is 588. The lowest BCUT2D eigenvalue weighted by Crippen LogP contribution is -2.56. The van der Waals surface area contributed by atoms with Gasteiger partial charge in [-0.2, -0.15) is 0 Å². The number of nitrogens with zero attached hydrogens (tertiary/aromatic N) is 3. The van der Waals surface area contributed by atoms with Crippen molar-refractivity contribution in [2.75, 3.05) is 44.2 Å². The summed E-state index contributed by atoms with van der Waals surface area (Å²) in [5, 5.41) is 10.0. The van der Waals surface area contributed by atoms with Crippen LogP contribution in [0.4, 0.5) is 5.69 Å². The van der Waals surface area contributed by atoms with Gasteiger partial charge in [-0.25, -0.2) is 0 Å². The molecule has 0 radical (unpaired) electrons. The molecule has 0 aliphatic carbocycles. The van der Waals surface area contributed by atoms with Crippen molar-refractivity contribution in [3.05, 3.63) is 24.3 Å². The van der Waals surface area contributed by atoms with Gasteiger partial charge in [0.15, 0.2) is 0 Å². The van der Waals surface area contributed by atoms with Gasteiger partial charge in [0.05, 0.1) is 11.7 Å². The predicted octanol–water partition coefficient (Wildman–Crippen LogP) is 2.41. The Kier molecular flexibility index (Phi) is 5.52. The van der Waals surface area contributed by atoms with E-state index in [0.717, 1.165) is 45.0 Å². The van der Waals surface area contributed by atoms with Crippen LogP contribution in [0, 0.1) is 11.8 Å². The van der Waals surface area contributed by atoms with Crippen molar-refractivity contribution in [1.29, 1.82) is 0 Å². The van der Waals surface area contributed by atoms with E-state index >= 15 is 0 Å². The van der Waals surface area contributed by atoms with Crippen LogP contribution in [-0.4, -0.2) is 66.1 Å². The number of hydrogen-bond donors (Lipinski definition) is 1. The first-order valence-electron chi connectivity index (χ1n) is 9.51. The van der Waals surface area contributed by atoms with Crippen LogP contribution in [0.5, 0.6) is 5.75 Å². The molecule has 2 saturated heterocycles. The topological polar surface area (TPSA) is 47.0 Å². The number of benzene rings is 1. The third kappa shape index (κ3) is 4.09. The minimum absolute atomic E-state index is 0.0657. The summed E-state index contributed by atoms with van der Waals surface area (Å²) in [6.07, 6.45) is 1.22. The van der Waals surface area contributed by atoms with Crippen LogP contribution in [0.25, 0.3) is 0 Å². The van der Waals surface area contributed by atoms with E-state index in [1.165, 1.54) is 6.42 Å². The molecule has 0 aromatic heterocycles. The number of piperazine rings is 1. The van der Waals surface area contributed by atoms with Gasteiger partial charge in [0.25, 0.3) is 0 Å². The molecule has 0 spiro atoms. The normalized spacial score (nSPS) is 26.5. The zero-order valence-corrected chi connectivity index (χ0v) is 15.7. The quantitative estimate of drug-likeness (QED) is 0.914. The summed E-state index contributed by atoms with van der Waals surface area (Å²) in [5.41, 5.74) is 0.889. The molecule has 1 N–H and O–H groups in total. The van der Waals surface area contributed by atoms with Crippen LogP contribution in [0.2, 0.25) is 0 Å². The van der Waals surface area contributed by atoms with Crippen molar-refractivity contribution in [2.24, 2.45) is 11.8 Å². The summed E-state index contributed by atoms with van der Waals surface area (Å²) < 4.78 is 0. The molecular formula is C20H31N3O2. The molecule has 5 nitrogen and oxygen atoms in total. The van der Waals surface area contributed by atoms with Gasteiger partial charge < -0.3 is 14.9 Å². The summed E-state index contributed by atoms with van der Waals surface area (Å²) >= 11 is 0. The van der Waals surface area contributed by atoms with Crippen molar-refractivity contribution in [3.8, 4) is 5.75 Å². The predicted molar refractivity (Wildman–Crippen MR) is 101 cm³/mol. The van der Waals surface area contributed by atoms with E-state index in [2.05, 4.69) is 28.5 Å². The number of para-hydroxylation sites is 2. The highest BCUT2D eigenvalue weighted by Gasteiger charge is 2.32. The second-order valence-corrected chi connectivity index (χ2v) is 7.88. The minimum atomic E-state index is -0.0657. The molecule has 1 aromatic carbocycles. The third-order valence-electron chi connectivity index (χ3n) is 5.62. The fourth-order valence-electron chi connectivity index (χ4n) is 4.34.